The Bertz CT molecular complexity index is 431. The van der Waals surface area contributed by atoms with E-state index < -0.39 is 12.0 Å². The number of anilines is 1. The minimum absolute atomic E-state index is 0.232. The third-order valence-electron chi connectivity index (χ3n) is 2.54. The fourth-order valence-electron chi connectivity index (χ4n) is 1.80. The van der Waals surface area contributed by atoms with Crippen LogP contribution in [0.3, 0.4) is 0 Å². The van der Waals surface area contributed by atoms with Crippen LogP contribution in [-0.2, 0) is 4.79 Å². The molecule has 7 heteroatoms. The summed E-state index contributed by atoms with van der Waals surface area (Å²) in [6.07, 6.45) is 1.21. The zero-order valence-corrected chi connectivity index (χ0v) is 9.24. The summed E-state index contributed by atoms with van der Waals surface area (Å²) in [5.41, 5.74) is 5.66. The number of carboxylic acids is 1. The van der Waals surface area contributed by atoms with E-state index in [1.807, 2.05) is 0 Å². The normalized spacial score (nSPS) is 20.0. The van der Waals surface area contributed by atoms with Gasteiger partial charge in [0, 0.05) is 11.9 Å². The van der Waals surface area contributed by atoms with E-state index in [1.54, 1.807) is 5.38 Å². The minimum atomic E-state index is -0.964. The second-order valence-corrected chi connectivity index (χ2v) is 4.46. The molecule has 1 aromatic rings. The first kappa shape index (κ1) is 10.9. The Labute approximate surface area is 95.7 Å². The van der Waals surface area contributed by atoms with Gasteiger partial charge >= 0.3 is 5.97 Å². The first-order chi connectivity index (χ1) is 7.59. The van der Waals surface area contributed by atoms with Crippen LogP contribution in [0.4, 0.5) is 5.13 Å². The molecule has 3 N–H and O–H groups in total. The number of nitrogens with two attached hydrogens (primary N) is 1. The first-order valence-corrected chi connectivity index (χ1v) is 5.72. The zero-order chi connectivity index (χ0) is 11.7. The standard InChI is InChI=1S/C9H11N3O3S/c10-9-11-5(4-16-9)7(13)12-3-1-2-6(12)8(14)15/h4,6H,1-3H2,(H2,10,11)(H,14,15)/t6-/m1/s1. The average Bonchev–Trinajstić information content (AvgIpc) is 2.84. The smallest absolute Gasteiger partial charge is 0.326 e. The van der Waals surface area contributed by atoms with Crippen molar-refractivity contribution in [2.45, 2.75) is 18.9 Å². The molecule has 0 aliphatic carbocycles. The lowest BCUT2D eigenvalue weighted by Gasteiger charge is -2.19. The second kappa shape index (κ2) is 4.09. The summed E-state index contributed by atoms with van der Waals surface area (Å²) < 4.78 is 0. The molecule has 1 fully saturated rings. The van der Waals surface area contributed by atoms with Gasteiger partial charge < -0.3 is 15.7 Å². The molecule has 1 saturated heterocycles. The highest BCUT2D eigenvalue weighted by molar-refractivity contribution is 7.13. The quantitative estimate of drug-likeness (QED) is 0.782. The van der Waals surface area contributed by atoms with Crippen LogP contribution in [0.5, 0.6) is 0 Å². The molecule has 0 spiro atoms. The number of nitrogens with zero attached hydrogens (tertiary/aromatic N) is 2. The zero-order valence-electron chi connectivity index (χ0n) is 8.42. The molecule has 86 valence electrons. The van der Waals surface area contributed by atoms with Gasteiger partial charge in [0.05, 0.1) is 0 Å². The number of thiazole rings is 1. The number of aromatic nitrogens is 1. The summed E-state index contributed by atoms with van der Waals surface area (Å²) in [5.74, 6) is -1.31. The lowest BCUT2D eigenvalue weighted by molar-refractivity contribution is -0.141. The average molecular weight is 241 g/mol. The Morgan fingerprint density at radius 1 is 1.62 bits per heavy atom. The number of hydrogen-bond acceptors (Lipinski definition) is 5. The molecule has 1 aliphatic heterocycles. The summed E-state index contributed by atoms with van der Waals surface area (Å²) >= 11 is 1.17. The number of aliphatic carboxylic acids is 1. The molecule has 1 atom stereocenters. The highest BCUT2D eigenvalue weighted by Gasteiger charge is 2.35. The second-order valence-electron chi connectivity index (χ2n) is 3.57. The number of nitrogen functional groups attached to an aromatic ring is 1. The predicted octanol–water partition coefficient (Wildman–Crippen LogP) is 0.414. The predicted molar refractivity (Wildman–Crippen MR) is 58.2 cm³/mol. The summed E-state index contributed by atoms with van der Waals surface area (Å²) in [6.45, 7) is 0.466. The molecule has 2 heterocycles. The molecule has 2 rings (SSSR count). The minimum Gasteiger partial charge on any atom is -0.480 e. The van der Waals surface area contributed by atoms with Crippen molar-refractivity contribution in [1.29, 1.82) is 0 Å². The van der Waals surface area contributed by atoms with Crippen molar-refractivity contribution in [1.82, 2.24) is 9.88 Å². The van der Waals surface area contributed by atoms with Crippen LogP contribution >= 0.6 is 11.3 Å². The lowest BCUT2D eigenvalue weighted by Crippen LogP contribution is -2.40. The molecule has 16 heavy (non-hydrogen) atoms. The van der Waals surface area contributed by atoms with Crippen LogP contribution < -0.4 is 5.73 Å². The number of carbonyl (C=O) groups excluding carboxylic acids is 1. The maximum atomic E-state index is 11.9. The number of amides is 1. The number of rotatable bonds is 2. The van der Waals surface area contributed by atoms with Crippen LogP contribution in [0.15, 0.2) is 5.38 Å². The molecular weight excluding hydrogens is 230 g/mol. The summed E-state index contributed by atoms with van der Waals surface area (Å²) in [5, 5.41) is 10.8. The Hall–Kier alpha value is -1.63. The van der Waals surface area contributed by atoms with Gasteiger partial charge in [0.2, 0.25) is 0 Å². The van der Waals surface area contributed by atoms with Crippen molar-refractivity contribution in [3.05, 3.63) is 11.1 Å². The van der Waals surface area contributed by atoms with E-state index in [4.69, 9.17) is 10.8 Å². The van der Waals surface area contributed by atoms with Gasteiger partial charge in [-0.1, -0.05) is 0 Å². The van der Waals surface area contributed by atoms with E-state index in [0.29, 0.717) is 24.5 Å². The number of carboxylic acid groups (broad SMARTS) is 1. The van der Waals surface area contributed by atoms with E-state index in [-0.39, 0.29) is 11.6 Å². The monoisotopic (exact) mass is 241 g/mol. The topological polar surface area (TPSA) is 96.5 Å². The van der Waals surface area contributed by atoms with E-state index >= 15 is 0 Å². The molecule has 1 amide bonds. The molecule has 0 bridgehead atoms. The van der Waals surface area contributed by atoms with E-state index in [1.165, 1.54) is 16.2 Å². The lowest BCUT2D eigenvalue weighted by atomic mass is 10.2. The fourth-order valence-corrected chi connectivity index (χ4v) is 2.34. The molecule has 1 aliphatic rings. The largest absolute Gasteiger partial charge is 0.480 e. The van der Waals surface area contributed by atoms with Gasteiger partial charge in [0.25, 0.3) is 5.91 Å². The summed E-state index contributed by atoms with van der Waals surface area (Å²) in [4.78, 5) is 28.0. The van der Waals surface area contributed by atoms with Crippen LogP contribution in [0.1, 0.15) is 23.3 Å². The number of likely N-dealkylation sites (tertiary alicyclic amines) is 1. The summed E-state index contributed by atoms with van der Waals surface area (Å²) in [6, 6.07) is -0.726. The first-order valence-electron chi connectivity index (χ1n) is 4.84. The molecule has 0 unspecified atom stereocenters. The SMILES string of the molecule is Nc1nc(C(=O)N2CCC[C@@H]2C(=O)O)cs1. The highest BCUT2D eigenvalue weighted by Crippen LogP contribution is 2.21. The number of hydrogen-bond donors (Lipinski definition) is 2. The van der Waals surface area contributed by atoms with Crippen LogP contribution in [0.25, 0.3) is 0 Å². The third kappa shape index (κ3) is 1.85. The Morgan fingerprint density at radius 3 is 2.94 bits per heavy atom. The Kier molecular flexibility index (Phi) is 2.78. The van der Waals surface area contributed by atoms with Crippen molar-refractivity contribution < 1.29 is 14.7 Å². The van der Waals surface area contributed by atoms with Gasteiger partial charge in [-0.25, -0.2) is 9.78 Å². The Balaban J connectivity index is 2.18. The third-order valence-corrected chi connectivity index (χ3v) is 3.21. The summed E-state index contributed by atoms with van der Waals surface area (Å²) in [7, 11) is 0. The van der Waals surface area contributed by atoms with Crippen LogP contribution in [0.2, 0.25) is 0 Å². The van der Waals surface area contributed by atoms with Gasteiger partial charge in [0.1, 0.15) is 11.7 Å². The molecule has 0 radical (unpaired) electrons. The van der Waals surface area contributed by atoms with Gasteiger partial charge in [-0.05, 0) is 12.8 Å². The van der Waals surface area contributed by atoms with Crippen LogP contribution in [0, 0.1) is 0 Å². The highest BCUT2D eigenvalue weighted by atomic mass is 32.1. The maximum Gasteiger partial charge on any atom is 0.326 e. The molecule has 1 aromatic heterocycles. The van der Waals surface area contributed by atoms with Gasteiger partial charge in [-0.3, -0.25) is 4.79 Å². The molecule has 6 nitrogen and oxygen atoms in total. The van der Waals surface area contributed by atoms with E-state index in [2.05, 4.69) is 4.98 Å². The van der Waals surface area contributed by atoms with Crippen LogP contribution in [-0.4, -0.2) is 39.5 Å². The molecular formula is C9H11N3O3S. The Morgan fingerprint density at radius 2 is 2.38 bits per heavy atom. The van der Waals surface area contributed by atoms with Crippen molar-refractivity contribution in [3.8, 4) is 0 Å². The molecule has 0 saturated carbocycles. The van der Waals surface area contributed by atoms with Crippen molar-refractivity contribution in [3.63, 3.8) is 0 Å². The molecule has 0 aromatic carbocycles. The van der Waals surface area contributed by atoms with Crippen molar-refractivity contribution in [2.24, 2.45) is 0 Å². The fraction of sp³-hybridized carbons (Fsp3) is 0.444. The van der Waals surface area contributed by atoms with Crippen molar-refractivity contribution in [2.75, 3.05) is 12.3 Å². The maximum absolute atomic E-state index is 11.9. The van der Waals surface area contributed by atoms with Gasteiger partial charge in [0.15, 0.2) is 5.13 Å². The van der Waals surface area contributed by atoms with Crippen molar-refractivity contribution >= 4 is 28.3 Å². The van der Waals surface area contributed by atoms with E-state index in [9.17, 15) is 9.59 Å². The van der Waals surface area contributed by atoms with Gasteiger partial charge in [-0.15, -0.1) is 11.3 Å². The number of carbonyl (C=O) groups is 2. The van der Waals surface area contributed by atoms with Gasteiger partial charge in [-0.2, -0.15) is 0 Å². The van der Waals surface area contributed by atoms with E-state index in [0.717, 1.165) is 0 Å².